The van der Waals surface area contributed by atoms with Crippen molar-refractivity contribution >= 4 is 5.97 Å². The molecular formula is C8H13N3O2. The fraction of sp³-hybridized carbons (Fsp3) is 0.750. The number of nitrogens with one attached hydrogen (secondary N) is 1. The number of hydrogen-bond acceptors (Lipinski definition) is 4. The molecule has 0 aliphatic carbocycles. The van der Waals surface area contributed by atoms with Crippen molar-refractivity contribution < 1.29 is 9.90 Å². The van der Waals surface area contributed by atoms with Gasteiger partial charge in [0.15, 0.2) is 0 Å². The predicted molar refractivity (Wildman–Crippen MR) is 46.1 cm³/mol. The van der Waals surface area contributed by atoms with Crippen LogP contribution in [0.3, 0.4) is 0 Å². The summed E-state index contributed by atoms with van der Waals surface area (Å²) in [6, 6.07) is 1.16. The summed E-state index contributed by atoms with van der Waals surface area (Å²) >= 11 is 0. The third kappa shape index (κ3) is 2.17. The Balaban J connectivity index is 2.68. The Kier molecular flexibility index (Phi) is 3.23. The largest absolute Gasteiger partial charge is 0.480 e. The lowest BCUT2D eigenvalue weighted by Gasteiger charge is -2.34. The Morgan fingerprint density at radius 2 is 2.54 bits per heavy atom. The Bertz CT molecular complexity index is 236. The molecule has 2 N–H and O–H groups in total. The van der Waals surface area contributed by atoms with Crippen molar-refractivity contribution in [3.05, 3.63) is 0 Å². The van der Waals surface area contributed by atoms with Gasteiger partial charge >= 0.3 is 5.97 Å². The van der Waals surface area contributed by atoms with Crippen LogP contribution in [0.1, 0.15) is 6.92 Å². The number of carboxylic acids is 1. The molecule has 0 aromatic carbocycles. The fourth-order valence-electron chi connectivity index (χ4n) is 1.49. The topological polar surface area (TPSA) is 76.4 Å². The van der Waals surface area contributed by atoms with Gasteiger partial charge in [0.05, 0.1) is 12.1 Å². The number of carbonyl (C=O) groups is 1. The van der Waals surface area contributed by atoms with Crippen molar-refractivity contribution in [2.45, 2.75) is 19.0 Å². The maximum atomic E-state index is 10.8. The standard InChI is InChI=1S/C8H13N3O2/c1-6(4-9)11-3-2-10-5-7(11)8(12)13/h6-7,10H,2-3,5H2,1H3,(H,12,13). The van der Waals surface area contributed by atoms with Crippen LogP contribution in [0, 0.1) is 11.3 Å². The van der Waals surface area contributed by atoms with Gasteiger partial charge in [-0.3, -0.25) is 9.69 Å². The molecule has 0 amide bonds. The molecule has 1 saturated heterocycles. The number of carboxylic acid groups (broad SMARTS) is 1. The van der Waals surface area contributed by atoms with Crippen molar-refractivity contribution in [2.24, 2.45) is 0 Å². The van der Waals surface area contributed by atoms with Gasteiger partial charge in [-0.15, -0.1) is 0 Å². The van der Waals surface area contributed by atoms with Gasteiger partial charge in [-0.1, -0.05) is 0 Å². The molecule has 1 aliphatic rings. The van der Waals surface area contributed by atoms with Crippen molar-refractivity contribution in [3.8, 4) is 6.07 Å². The Hall–Kier alpha value is -1.12. The second kappa shape index (κ2) is 4.21. The van der Waals surface area contributed by atoms with Crippen LogP contribution in [0.2, 0.25) is 0 Å². The fourth-order valence-corrected chi connectivity index (χ4v) is 1.49. The van der Waals surface area contributed by atoms with E-state index in [-0.39, 0.29) is 6.04 Å². The number of rotatable bonds is 2. The molecule has 2 atom stereocenters. The van der Waals surface area contributed by atoms with E-state index in [0.29, 0.717) is 13.1 Å². The predicted octanol–water partition coefficient (Wildman–Crippen LogP) is -0.743. The molecule has 1 rings (SSSR count). The molecule has 1 heterocycles. The van der Waals surface area contributed by atoms with E-state index in [9.17, 15) is 4.79 Å². The number of hydrogen-bond donors (Lipinski definition) is 2. The molecule has 5 nitrogen and oxygen atoms in total. The van der Waals surface area contributed by atoms with E-state index in [1.165, 1.54) is 0 Å². The molecule has 2 unspecified atom stereocenters. The van der Waals surface area contributed by atoms with Gasteiger partial charge in [-0.05, 0) is 6.92 Å². The van der Waals surface area contributed by atoms with E-state index in [1.54, 1.807) is 11.8 Å². The molecule has 0 saturated carbocycles. The van der Waals surface area contributed by atoms with Crippen LogP contribution >= 0.6 is 0 Å². The number of nitriles is 1. The SMILES string of the molecule is CC(C#N)N1CCNCC1C(=O)O. The first-order valence-electron chi connectivity index (χ1n) is 4.25. The van der Waals surface area contributed by atoms with Crippen LogP contribution in [-0.4, -0.2) is 47.7 Å². The monoisotopic (exact) mass is 183 g/mol. The van der Waals surface area contributed by atoms with Crippen LogP contribution in [0.4, 0.5) is 0 Å². The zero-order valence-electron chi connectivity index (χ0n) is 7.53. The molecule has 1 aliphatic heterocycles. The van der Waals surface area contributed by atoms with Crippen LogP contribution in [-0.2, 0) is 4.79 Å². The maximum absolute atomic E-state index is 10.8. The van der Waals surface area contributed by atoms with Crippen molar-refractivity contribution in [1.82, 2.24) is 10.2 Å². The lowest BCUT2D eigenvalue weighted by atomic mass is 10.1. The molecule has 0 aromatic heterocycles. The summed E-state index contributed by atoms with van der Waals surface area (Å²) in [4.78, 5) is 12.5. The molecule has 0 aromatic rings. The number of aliphatic carboxylic acids is 1. The summed E-state index contributed by atoms with van der Waals surface area (Å²) in [5.41, 5.74) is 0. The minimum atomic E-state index is -0.866. The Morgan fingerprint density at radius 3 is 3.08 bits per heavy atom. The first-order valence-corrected chi connectivity index (χ1v) is 4.25. The average molecular weight is 183 g/mol. The molecule has 72 valence electrons. The summed E-state index contributed by atoms with van der Waals surface area (Å²) in [5.74, 6) is -0.866. The van der Waals surface area contributed by atoms with Crippen LogP contribution in [0.25, 0.3) is 0 Å². The summed E-state index contributed by atoms with van der Waals surface area (Å²) in [6.45, 7) is 3.50. The van der Waals surface area contributed by atoms with Gasteiger partial charge < -0.3 is 10.4 Å². The highest BCUT2D eigenvalue weighted by Crippen LogP contribution is 2.07. The highest BCUT2D eigenvalue weighted by Gasteiger charge is 2.31. The van der Waals surface area contributed by atoms with E-state index < -0.39 is 12.0 Å². The van der Waals surface area contributed by atoms with Crippen LogP contribution < -0.4 is 5.32 Å². The molecule has 0 radical (unpaired) electrons. The first-order chi connectivity index (χ1) is 6.16. The molecule has 13 heavy (non-hydrogen) atoms. The van der Waals surface area contributed by atoms with Crippen LogP contribution in [0.15, 0.2) is 0 Å². The van der Waals surface area contributed by atoms with E-state index in [1.807, 2.05) is 0 Å². The molecular weight excluding hydrogens is 170 g/mol. The summed E-state index contributed by atoms with van der Waals surface area (Å²) in [6.07, 6.45) is 0. The minimum Gasteiger partial charge on any atom is -0.480 e. The van der Waals surface area contributed by atoms with Gasteiger partial charge in [0.25, 0.3) is 0 Å². The Morgan fingerprint density at radius 1 is 1.85 bits per heavy atom. The van der Waals surface area contributed by atoms with Crippen molar-refractivity contribution in [1.29, 1.82) is 5.26 Å². The highest BCUT2D eigenvalue weighted by molar-refractivity contribution is 5.74. The molecule has 0 bridgehead atoms. The highest BCUT2D eigenvalue weighted by atomic mass is 16.4. The molecule has 5 heteroatoms. The zero-order chi connectivity index (χ0) is 9.84. The normalized spacial score (nSPS) is 26.3. The average Bonchev–Trinajstić information content (AvgIpc) is 2.16. The number of piperazine rings is 1. The molecule has 0 spiro atoms. The van der Waals surface area contributed by atoms with Crippen molar-refractivity contribution in [3.63, 3.8) is 0 Å². The maximum Gasteiger partial charge on any atom is 0.322 e. The zero-order valence-corrected chi connectivity index (χ0v) is 7.53. The van der Waals surface area contributed by atoms with E-state index >= 15 is 0 Å². The van der Waals surface area contributed by atoms with Gasteiger partial charge in [0.2, 0.25) is 0 Å². The summed E-state index contributed by atoms with van der Waals surface area (Å²) in [7, 11) is 0. The molecule has 1 fully saturated rings. The minimum absolute atomic E-state index is 0.330. The Labute approximate surface area is 76.9 Å². The van der Waals surface area contributed by atoms with E-state index in [4.69, 9.17) is 10.4 Å². The van der Waals surface area contributed by atoms with E-state index in [2.05, 4.69) is 11.4 Å². The third-order valence-corrected chi connectivity index (χ3v) is 2.25. The second-order valence-electron chi connectivity index (χ2n) is 3.10. The lowest BCUT2D eigenvalue weighted by Crippen LogP contribution is -2.57. The van der Waals surface area contributed by atoms with Gasteiger partial charge in [-0.2, -0.15) is 5.26 Å². The van der Waals surface area contributed by atoms with Gasteiger partial charge in [0.1, 0.15) is 6.04 Å². The smallest absolute Gasteiger partial charge is 0.322 e. The quantitative estimate of drug-likeness (QED) is 0.589. The van der Waals surface area contributed by atoms with Gasteiger partial charge in [0, 0.05) is 19.6 Å². The van der Waals surface area contributed by atoms with Gasteiger partial charge in [-0.25, -0.2) is 0 Å². The second-order valence-corrected chi connectivity index (χ2v) is 3.10. The van der Waals surface area contributed by atoms with E-state index in [0.717, 1.165) is 6.54 Å². The summed E-state index contributed by atoms with van der Waals surface area (Å²) < 4.78 is 0. The summed E-state index contributed by atoms with van der Waals surface area (Å²) in [5, 5.41) is 20.5. The first kappa shape index (κ1) is 9.96. The van der Waals surface area contributed by atoms with Crippen molar-refractivity contribution in [2.75, 3.05) is 19.6 Å². The third-order valence-electron chi connectivity index (χ3n) is 2.25. The number of nitrogens with zero attached hydrogens (tertiary/aromatic N) is 2. The lowest BCUT2D eigenvalue weighted by molar-refractivity contribution is -0.144. The van der Waals surface area contributed by atoms with Crippen LogP contribution in [0.5, 0.6) is 0 Å².